The first-order chi connectivity index (χ1) is 16.2. The summed E-state index contributed by atoms with van der Waals surface area (Å²) >= 11 is 6.92. The Balaban J connectivity index is 1.50. The number of benzene rings is 2. The average molecular weight is 584 g/mol. The predicted molar refractivity (Wildman–Crippen MR) is 133 cm³/mol. The molecule has 6 atom stereocenters. The minimum absolute atomic E-state index is 0.302. The quantitative estimate of drug-likeness (QED) is 0.379. The van der Waals surface area contributed by atoms with E-state index in [4.69, 9.17) is 0 Å². The van der Waals surface area contributed by atoms with Crippen LogP contribution in [0.25, 0.3) is 0 Å². The Hall–Kier alpha value is -2.58. The van der Waals surface area contributed by atoms with Gasteiger partial charge in [0.1, 0.15) is 0 Å². The third-order valence-corrected chi connectivity index (χ3v) is 9.41. The highest BCUT2D eigenvalue weighted by Gasteiger charge is 2.74. The molecule has 1 saturated carbocycles. The van der Waals surface area contributed by atoms with E-state index >= 15 is 0 Å². The fourth-order valence-electron chi connectivity index (χ4n) is 6.90. The molecule has 2 aromatic carbocycles. The van der Waals surface area contributed by atoms with Crippen LogP contribution in [0.5, 0.6) is 0 Å². The molecule has 2 aromatic rings. The molecule has 3 fully saturated rings. The number of hydrogen-bond donors (Lipinski definition) is 0. The average Bonchev–Trinajstić information content (AvgIpc) is 3.21. The van der Waals surface area contributed by atoms with Crippen molar-refractivity contribution < 1.29 is 19.2 Å². The number of carbonyl (C=O) groups is 4. The SMILES string of the molecule is CC1=CC2(C)[C@@H]3C(=O)N(c4ccccc4Br)C(=O)[C@@H]3C1[C@@H]1C(=O)N(c3ccccc3Br)C(=O)[C@@H]12. The van der Waals surface area contributed by atoms with E-state index in [-0.39, 0.29) is 23.6 Å². The molecule has 0 N–H and O–H groups in total. The van der Waals surface area contributed by atoms with Crippen molar-refractivity contribution in [1.82, 2.24) is 0 Å². The highest BCUT2D eigenvalue weighted by Crippen LogP contribution is 2.66. The van der Waals surface area contributed by atoms with E-state index in [0.29, 0.717) is 20.3 Å². The number of rotatable bonds is 2. The Kier molecular flexibility index (Phi) is 4.65. The van der Waals surface area contributed by atoms with Gasteiger partial charge in [-0.3, -0.25) is 19.2 Å². The molecule has 172 valence electrons. The Bertz CT molecular complexity index is 1260. The molecule has 2 bridgehead atoms. The number of anilines is 2. The summed E-state index contributed by atoms with van der Waals surface area (Å²) in [6.07, 6.45) is 1.98. The summed E-state index contributed by atoms with van der Waals surface area (Å²) in [5.41, 5.74) is 0.935. The largest absolute Gasteiger partial charge is 0.274 e. The van der Waals surface area contributed by atoms with Gasteiger partial charge < -0.3 is 0 Å². The van der Waals surface area contributed by atoms with Crippen molar-refractivity contribution in [2.75, 3.05) is 9.80 Å². The lowest BCUT2D eigenvalue weighted by atomic mass is 9.46. The predicted octanol–water partition coefficient (Wildman–Crippen LogP) is 4.72. The zero-order valence-electron chi connectivity index (χ0n) is 18.4. The van der Waals surface area contributed by atoms with E-state index in [0.717, 1.165) is 5.57 Å². The van der Waals surface area contributed by atoms with Gasteiger partial charge in [0.25, 0.3) is 0 Å². The van der Waals surface area contributed by atoms with E-state index in [9.17, 15) is 19.2 Å². The van der Waals surface area contributed by atoms with Crippen LogP contribution in [0.4, 0.5) is 11.4 Å². The lowest BCUT2D eigenvalue weighted by Gasteiger charge is -2.53. The number of nitrogens with zero attached hydrogens (tertiary/aromatic N) is 2. The monoisotopic (exact) mass is 582 g/mol. The van der Waals surface area contributed by atoms with Crippen LogP contribution in [-0.2, 0) is 19.2 Å². The van der Waals surface area contributed by atoms with Crippen LogP contribution in [0, 0.1) is 35.0 Å². The smallest absolute Gasteiger partial charge is 0.238 e. The molecule has 2 saturated heterocycles. The summed E-state index contributed by atoms with van der Waals surface area (Å²) in [4.78, 5) is 57.8. The maximum atomic E-state index is 13.8. The van der Waals surface area contributed by atoms with Crippen molar-refractivity contribution >= 4 is 66.9 Å². The zero-order valence-corrected chi connectivity index (χ0v) is 21.5. The van der Waals surface area contributed by atoms with Crippen LogP contribution in [0.1, 0.15) is 13.8 Å². The van der Waals surface area contributed by atoms with Gasteiger partial charge in [-0.2, -0.15) is 0 Å². The van der Waals surface area contributed by atoms with E-state index in [1.165, 1.54) is 9.80 Å². The molecular weight excluding hydrogens is 564 g/mol. The molecule has 34 heavy (non-hydrogen) atoms. The molecule has 2 aliphatic heterocycles. The van der Waals surface area contributed by atoms with Gasteiger partial charge in [-0.15, -0.1) is 0 Å². The van der Waals surface area contributed by atoms with Crippen LogP contribution in [0.15, 0.2) is 69.1 Å². The highest BCUT2D eigenvalue weighted by atomic mass is 79.9. The molecule has 8 heteroatoms. The van der Waals surface area contributed by atoms with Crippen LogP contribution < -0.4 is 9.80 Å². The number of carbonyl (C=O) groups excluding carboxylic acids is 4. The molecule has 2 unspecified atom stereocenters. The lowest BCUT2D eigenvalue weighted by molar-refractivity contribution is -0.146. The summed E-state index contributed by atoms with van der Waals surface area (Å²) < 4.78 is 1.29. The van der Waals surface area contributed by atoms with Crippen LogP contribution in [0.3, 0.4) is 0 Å². The molecule has 3 aliphatic carbocycles. The zero-order chi connectivity index (χ0) is 24.1. The van der Waals surface area contributed by atoms with E-state index in [1.54, 1.807) is 36.4 Å². The Morgan fingerprint density at radius 2 is 1.09 bits per heavy atom. The third-order valence-electron chi connectivity index (χ3n) is 8.07. The van der Waals surface area contributed by atoms with Gasteiger partial charge in [0.2, 0.25) is 23.6 Å². The molecule has 0 radical (unpaired) electrons. The first-order valence-corrected chi connectivity index (χ1v) is 12.7. The lowest BCUT2D eigenvalue weighted by Crippen LogP contribution is -2.57. The number of amides is 4. The standard InChI is InChI=1S/C26H20Br2N2O4/c1-12-11-26(2)20-18(22(31)29(24(20)33)15-9-5-3-7-13(15)27)17(12)19-21(26)25(34)30(23(19)32)16-10-6-4-8-14(16)28/h3-11,17-21H,1-2H3/t17?,18-,19+,20+,21-,26?. The molecule has 0 aromatic heterocycles. The van der Waals surface area contributed by atoms with Crippen molar-refractivity contribution in [2.24, 2.45) is 35.0 Å². The second-order valence-electron chi connectivity index (χ2n) is 9.71. The van der Waals surface area contributed by atoms with Gasteiger partial charge in [-0.05, 0) is 63.0 Å². The fourth-order valence-corrected chi connectivity index (χ4v) is 7.83. The van der Waals surface area contributed by atoms with Crippen LogP contribution in [0.2, 0.25) is 0 Å². The number of para-hydroxylation sites is 2. The second kappa shape index (κ2) is 7.21. The van der Waals surface area contributed by atoms with Crippen molar-refractivity contribution in [3.63, 3.8) is 0 Å². The first kappa shape index (κ1) is 21.9. The number of halogens is 2. The minimum Gasteiger partial charge on any atom is -0.274 e. The van der Waals surface area contributed by atoms with Gasteiger partial charge in [0.05, 0.1) is 35.0 Å². The summed E-state index contributed by atoms with van der Waals surface area (Å²) in [5, 5.41) is 0. The normalized spacial score (nSPS) is 34.0. The summed E-state index contributed by atoms with van der Waals surface area (Å²) in [6, 6.07) is 14.2. The molecule has 5 aliphatic rings. The number of imide groups is 2. The van der Waals surface area contributed by atoms with Gasteiger partial charge in [0, 0.05) is 20.3 Å². The van der Waals surface area contributed by atoms with Gasteiger partial charge in [-0.25, -0.2) is 9.80 Å². The summed E-state index contributed by atoms with van der Waals surface area (Å²) in [6.45, 7) is 3.78. The molecule has 2 heterocycles. The Labute approximate surface area is 213 Å². The molecule has 0 spiro atoms. The third kappa shape index (κ3) is 2.56. The minimum atomic E-state index is -0.945. The number of hydrogen-bond acceptors (Lipinski definition) is 4. The maximum Gasteiger partial charge on any atom is 0.238 e. The molecule has 6 nitrogen and oxygen atoms in total. The van der Waals surface area contributed by atoms with Crippen molar-refractivity contribution in [3.8, 4) is 0 Å². The first-order valence-electron chi connectivity index (χ1n) is 11.1. The van der Waals surface area contributed by atoms with Crippen molar-refractivity contribution in [3.05, 3.63) is 69.1 Å². The summed E-state index contributed by atoms with van der Waals surface area (Å²) in [5.74, 6) is -4.46. The van der Waals surface area contributed by atoms with E-state index in [1.807, 2.05) is 32.1 Å². The second-order valence-corrected chi connectivity index (χ2v) is 11.4. The number of allylic oxidation sites excluding steroid dienone is 2. The topological polar surface area (TPSA) is 74.8 Å². The molecule has 4 amide bonds. The van der Waals surface area contributed by atoms with Crippen LogP contribution in [-0.4, -0.2) is 23.6 Å². The van der Waals surface area contributed by atoms with E-state index < -0.39 is 35.0 Å². The Morgan fingerprint density at radius 3 is 1.50 bits per heavy atom. The Morgan fingerprint density at radius 1 is 0.676 bits per heavy atom. The van der Waals surface area contributed by atoms with Gasteiger partial charge in [-0.1, -0.05) is 42.8 Å². The maximum absolute atomic E-state index is 13.8. The summed E-state index contributed by atoms with van der Waals surface area (Å²) in [7, 11) is 0. The fraction of sp³-hybridized carbons (Fsp3) is 0.308. The molecular formula is C26H20Br2N2O4. The van der Waals surface area contributed by atoms with Gasteiger partial charge in [0.15, 0.2) is 0 Å². The molecule has 7 rings (SSSR count). The van der Waals surface area contributed by atoms with Gasteiger partial charge >= 0.3 is 0 Å². The van der Waals surface area contributed by atoms with Crippen molar-refractivity contribution in [2.45, 2.75) is 13.8 Å². The van der Waals surface area contributed by atoms with Crippen molar-refractivity contribution in [1.29, 1.82) is 0 Å². The highest BCUT2D eigenvalue weighted by molar-refractivity contribution is 9.11. The van der Waals surface area contributed by atoms with Crippen LogP contribution >= 0.6 is 31.9 Å². The van der Waals surface area contributed by atoms with E-state index in [2.05, 4.69) is 31.9 Å².